The number of nitro benzene ring substituents is 1. The Balaban J connectivity index is 3.51. The highest BCUT2D eigenvalue weighted by atomic mass is 35.5. The van der Waals surface area contributed by atoms with Gasteiger partial charge < -0.3 is 0 Å². The molecule has 0 saturated carbocycles. The molecule has 7 heteroatoms. The zero-order valence-electron chi connectivity index (χ0n) is 8.04. The van der Waals surface area contributed by atoms with E-state index in [1.54, 1.807) is 0 Å². The van der Waals surface area contributed by atoms with E-state index in [1.165, 1.54) is 0 Å². The van der Waals surface area contributed by atoms with E-state index < -0.39 is 33.4 Å². The highest BCUT2D eigenvalue weighted by molar-refractivity contribution is 6.33. The molecule has 0 aliphatic carbocycles. The highest BCUT2D eigenvalue weighted by Gasteiger charge is 2.26. The minimum Gasteiger partial charge on any atom is -0.295 e. The number of nitrogens with zero attached hydrogens (tertiary/aromatic N) is 1. The van der Waals surface area contributed by atoms with Crippen LogP contribution in [0.5, 0.6) is 0 Å². The van der Waals surface area contributed by atoms with E-state index in [0.717, 1.165) is 19.1 Å². The lowest BCUT2D eigenvalue weighted by Crippen LogP contribution is -2.01. The quantitative estimate of drug-likeness (QED) is 0.469. The molecule has 0 heterocycles. The van der Waals surface area contributed by atoms with Gasteiger partial charge in [0.25, 0.3) is 12.1 Å². The van der Waals surface area contributed by atoms with E-state index in [-0.39, 0.29) is 5.56 Å². The maximum Gasteiger partial charge on any atom is 0.296 e. The number of halogens is 3. The lowest BCUT2D eigenvalue weighted by Gasteiger charge is -2.05. The summed E-state index contributed by atoms with van der Waals surface area (Å²) in [4.78, 5) is 20.5. The summed E-state index contributed by atoms with van der Waals surface area (Å²) < 4.78 is 25.1. The first kappa shape index (κ1) is 12.5. The molecule has 0 fully saturated rings. The normalized spacial score (nSPS) is 10.6. The third kappa shape index (κ3) is 2.33. The van der Waals surface area contributed by atoms with Crippen LogP contribution in [0.3, 0.4) is 0 Å². The van der Waals surface area contributed by atoms with Crippen LogP contribution in [0.15, 0.2) is 12.1 Å². The van der Waals surface area contributed by atoms with Crippen molar-refractivity contribution in [2.24, 2.45) is 0 Å². The van der Waals surface area contributed by atoms with Crippen molar-refractivity contribution in [3.8, 4) is 0 Å². The van der Waals surface area contributed by atoms with Gasteiger partial charge in [0.2, 0.25) is 0 Å². The van der Waals surface area contributed by atoms with Gasteiger partial charge in [-0.3, -0.25) is 14.9 Å². The van der Waals surface area contributed by atoms with Crippen molar-refractivity contribution in [2.45, 2.75) is 13.3 Å². The molecule has 0 atom stereocenters. The average molecular weight is 250 g/mol. The maximum atomic E-state index is 12.5. The minimum absolute atomic E-state index is 0.0779. The first-order chi connectivity index (χ1) is 7.34. The van der Waals surface area contributed by atoms with Crippen LogP contribution in [0.4, 0.5) is 14.5 Å². The van der Waals surface area contributed by atoms with Gasteiger partial charge in [-0.1, -0.05) is 11.6 Å². The second-order valence-electron chi connectivity index (χ2n) is 3.01. The number of nitro groups is 1. The summed E-state index contributed by atoms with van der Waals surface area (Å²) in [7, 11) is 0. The summed E-state index contributed by atoms with van der Waals surface area (Å²) >= 11 is 5.49. The first-order valence-electron chi connectivity index (χ1n) is 4.11. The fraction of sp³-hybridized carbons (Fsp3) is 0.222. The zero-order valence-corrected chi connectivity index (χ0v) is 8.79. The molecular formula is C9H6ClF2NO3. The van der Waals surface area contributed by atoms with E-state index in [0.29, 0.717) is 0 Å². The monoisotopic (exact) mass is 249 g/mol. The van der Waals surface area contributed by atoms with E-state index in [9.17, 15) is 23.7 Å². The molecule has 0 unspecified atom stereocenters. The Bertz CT molecular complexity index is 462. The second-order valence-corrected chi connectivity index (χ2v) is 3.42. The Morgan fingerprint density at radius 2 is 2.06 bits per heavy atom. The molecular weight excluding hydrogens is 244 g/mol. The van der Waals surface area contributed by atoms with Crippen molar-refractivity contribution in [1.29, 1.82) is 0 Å². The summed E-state index contributed by atoms with van der Waals surface area (Å²) in [6, 6.07) is 1.80. The summed E-state index contributed by atoms with van der Waals surface area (Å²) in [5, 5.41) is 10.1. The molecule has 4 nitrogen and oxygen atoms in total. The number of carbonyl (C=O) groups is 1. The summed E-state index contributed by atoms with van der Waals surface area (Å²) in [5.41, 5.74) is -1.78. The lowest BCUT2D eigenvalue weighted by molar-refractivity contribution is -0.386. The topological polar surface area (TPSA) is 60.2 Å². The number of Topliss-reactive ketones (excluding diaryl/α,β-unsaturated/α-hetero) is 1. The molecule has 0 N–H and O–H groups in total. The third-order valence-electron chi connectivity index (χ3n) is 1.92. The van der Waals surface area contributed by atoms with Gasteiger partial charge in [-0.2, -0.15) is 0 Å². The number of alkyl halides is 2. The van der Waals surface area contributed by atoms with Crippen molar-refractivity contribution >= 4 is 23.1 Å². The predicted octanol–water partition coefficient (Wildman–Crippen LogP) is 3.39. The first-order valence-corrected chi connectivity index (χ1v) is 4.49. The van der Waals surface area contributed by atoms with Crippen molar-refractivity contribution in [1.82, 2.24) is 0 Å². The smallest absolute Gasteiger partial charge is 0.295 e. The largest absolute Gasteiger partial charge is 0.296 e. The predicted molar refractivity (Wildman–Crippen MR) is 53.1 cm³/mol. The standard InChI is InChI=1S/C9H6ClF2NO3/c1-4(14)5-2-6(9(11)12)8(13(15)16)7(10)3-5/h2-3,9H,1H3. The number of hydrogen-bond donors (Lipinski definition) is 0. The summed E-state index contributed by atoms with van der Waals surface area (Å²) in [6.45, 7) is 1.16. The number of ketones is 1. The molecule has 0 radical (unpaired) electrons. The third-order valence-corrected chi connectivity index (χ3v) is 2.21. The Kier molecular flexibility index (Phi) is 3.54. The van der Waals surface area contributed by atoms with E-state index >= 15 is 0 Å². The van der Waals surface area contributed by atoms with Crippen molar-refractivity contribution in [3.63, 3.8) is 0 Å². The van der Waals surface area contributed by atoms with Crippen LogP contribution in [0.2, 0.25) is 5.02 Å². The van der Waals surface area contributed by atoms with E-state index in [1.807, 2.05) is 0 Å². The lowest BCUT2D eigenvalue weighted by atomic mass is 10.1. The van der Waals surface area contributed by atoms with Gasteiger partial charge in [-0.05, 0) is 19.1 Å². The fourth-order valence-electron chi connectivity index (χ4n) is 1.18. The molecule has 0 aliphatic heterocycles. The molecule has 0 saturated heterocycles. The molecule has 0 amide bonds. The number of hydrogen-bond acceptors (Lipinski definition) is 3. The summed E-state index contributed by atoms with van der Waals surface area (Å²) in [6.07, 6.45) is -3.06. The molecule has 1 aromatic carbocycles. The van der Waals surface area contributed by atoms with Gasteiger partial charge in [0.1, 0.15) is 5.02 Å². The van der Waals surface area contributed by atoms with Crippen LogP contribution < -0.4 is 0 Å². The van der Waals surface area contributed by atoms with Crippen molar-refractivity contribution in [3.05, 3.63) is 38.4 Å². The van der Waals surface area contributed by atoms with Gasteiger partial charge in [-0.25, -0.2) is 8.78 Å². The fourth-order valence-corrected chi connectivity index (χ4v) is 1.48. The number of carbonyl (C=O) groups excluding carboxylic acids is 1. The van der Waals surface area contributed by atoms with Crippen molar-refractivity contribution in [2.75, 3.05) is 0 Å². The Labute approximate surface area is 94.0 Å². The molecule has 0 spiro atoms. The molecule has 1 rings (SSSR count). The Hall–Kier alpha value is -1.56. The van der Waals surface area contributed by atoms with Crippen LogP contribution in [0.1, 0.15) is 29.3 Å². The van der Waals surface area contributed by atoms with Gasteiger partial charge >= 0.3 is 0 Å². The minimum atomic E-state index is -3.06. The van der Waals surface area contributed by atoms with Crippen LogP contribution in [0.25, 0.3) is 0 Å². The van der Waals surface area contributed by atoms with Crippen molar-refractivity contribution < 1.29 is 18.5 Å². The average Bonchev–Trinajstić information content (AvgIpc) is 2.15. The molecule has 0 aromatic heterocycles. The second kappa shape index (κ2) is 4.52. The molecule has 0 aliphatic rings. The van der Waals surface area contributed by atoms with Gasteiger partial charge in [0, 0.05) is 5.56 Å². The van der Waals surface area contributed by atoms with E-state index in [2.05, 4.69) is 0 Å². The van der Waals surface area contributed by atoms with Gasteiger partial charge in [0.15, 0.2) is 5.78 Å². The Morgan fingerprint density at radius 1 is 1.50 bits per heavy atom. The SMILES string of the molecule is CC(=O)c1cc(Cl)c([N+](=O)[O-])c(C(F)F)c1. The number of rotatable bonds is 3. The zero-order chi connectivity index (χ0) is 12.5. The van der Waals surface area contributed by atoms with Crippen LogP contribution in [-0.2, 0) is 0 Å². The Morgan fingerprint density at radius 3 is 2.44 bits per heavy atom. The molecule has 0 bridgehead atoms. The highest BCUT2D eigenvalue weighted by Crippen LogP contribution is 2.36. The molecule has 16 heavy (non-hydrogen) atoms. The summed E-state index contributed by atoms with van der Waals surface area (Å²) in [5.74, 6) is -0.487. The molecule has 1 aromatic rings. The number of benzene rings is 1. The maximum absolute atomic E-state index is 12.5. The van der Waals surface area contributed by atoms with Crippen LogP contribution in [0, 0.1) is 10.1 Å². The van der Waals surface area contributed by atoms with Crippen LogP contribution >= 0.6 is 11.6 Å². The van der Waals surface area contributed by atoms with E-state index in [4.69, 9.17) is 11.6 Å². The van der Waals surface area contributed by atoms with Gasteiger partial charge in [-0.15, -0.1) is 0 Å². The van der Waals surface area contributed by atoms with Crippen LogP contribution in [-0.4, -0.2) is 10.7 Å². The molecule has 86 valence electrons. The van der Waals surface area contributed by atoms with Gasteiger partial charge in [0.05, 0.1) is 10.5 Å².